The maximum atomic E-state index is 11.7. The Labute approximate surface area is 187 Å². The molecule has 0 amide bonds. The molecule has 166 valence electrons. The number of carbonyl (C=O) groups is 2. The van der Waals surface area contributed by atoms with E-state index in [9.17, 15) is 9.59 Å². The lowest BCUT2D eigenvalue weighted by Gasteiger charge is -2.10. The number of hydrogen-bond acceptors (Lipinski definition) is 6. The van der Waals surface area contributed by atoms with Gasteiger partial charge in [0, 0.05) is 0 Å². The standard InChI is InChI=1S/C26H26O6/c1-3-29-25(27)21-8-12-23(13-9-21)31-17-19-6-5-7-20(16-19)18-32-24-14-10-22(11-15-24)26(28)30-4-2/h5-16H,3-4,17-18H2,1-2H3. The minimum absolute atomic E-state index is 0.343. The largest absolute Gasteiger partial charge is 0.489 e. The van der Waals surface area contributed by atoms with E-state index in [2.05, 4.69) is 0 Å². The number of hydrogen-bond donors (Lipinski definition) is 0. The highest BCUT2D eigenvalue weighted by Crippen LogP contribution is 2.18. The van der Waals surface area contributed by atoms with E-state index in [-0.39, 0.29) is 11.9 Å². The van der Waals surface area contributed by atoms with Gasteiger partial charge in [0.25, 0.3) is 0 Å². The SMILES string of the molecule is CCOC(=O)c1ccc(OCc2cccc(COc3ccc(C(=O)OCC)cc3)c2)cc1. The Morgan fingerprint density at radius 1 is 0.625 bits per heavy atom. The molecule has 32 heavy (non-hydrogen) atoms. The summed E-state index contributed by atoms with van der Waals surface area (Å²) < 4.78 is 21.6. The summed E-state index contributed by atoms with van der Waals surface area (Å²) >= 11 is 0. The van der Waals surface area contributed by atoms with Crippen LogP contribution in [0.3, 0.4) is 0 Å². The first-order chi connectivity index (χ1) is 15.6. The zero-order chi connectivity index (χ0) is 22.8. The molecular formula is C26H26O6. The van der Waals surface area contributed by atoms with E-state index in [0.29, 0.717) is 49.1 Å². The molecule has 6 heteroatoms. The first kappa shape index (κ1) is 22.9. The summed E-state index contributed by atoms with van der Waals surface area (Å²) in [6.07, 6.45) is 0. The molecular weight excluding hydrogens is 408 g/mol. The Hall–Kier alpha value is -3.80. The molecule has 0 atom stereocenters. The summed E-state index contributed by atoms with van der Waals surface area (Å²) in [6, 6.07) is 21.7. The summed E-state index contributed by atoms with van der Waals surface area (Å²) in [5, 5.41) is 0. The highest BCUT2D eigenvalue weighted by molar-refractivity contribution is 5.89. The van der Waals surface area contributed by atoms with Gasteiger partial charge in [-0.1, -0.05) is 18.2 Å². The third kappa shape index (κ3) is 6.60. The predicted molar refractivity (Wildman–Crippen MR) is 120 cm³/mol. The van der Waals surface area contributed by atoms with Crippen LogP contribution in [0.4, 0.5) is 0 Å². The van der Waals surface area contributed by atoms with Crippen LogP contribution >= 0.6 is 0 Å². The first-order valence-corrected chi connectivity index (χ1v) is 10.5. The topological polar surface area (TPSA) is 71.1 Å². The lowest BCUT2D eigenvalue weighted by Crippen LogP contribution is -2.04. The summed E-state index contributed by atoms with van der Waals surface area (Å²) in [5.41, 5.74) is 2.98. The van der Waals surface area contributed by atoms with Crippen LogP contribution in [0, 0.1) is 0 Å². The van der Waals surface area contributed by atoms with Crippen LogP contribution in [0.5, 0.6) is 11.5 Å². The summed E-state index contributed by atoms with van der Waals surface area (Å²) in [5.74, 6) is 0.646. The van der Waals surface area contributed by atoms with Gasteiger partial charge in [0.2, 0.25) is 0 Å². The number of ether oxygens (including phenoxy) is 4. The third-order valence-electron chi connectivity index (χ3n) is 4.53. The number of esters is 2. The number of rotatable bonds is 10. The van der Waals surface area contributed by atoms with Crippen LogP contribution in [0.15, 0.2) is 72.8 Å². The quantitative estimate of drug-likeness (QED) is 0.409. The van der Waals surface area contributed by atoms with E-state index in [1.807, 2.05) is 24.3 Å². The van der Waals surface area contributed by atoms with Gasteiger partial charge in [-0.25, -0.2) is 9.59 Å². The molecule has 0 heterocycles. The second-order valence-electron chi connectivity index (χ2n) is 6.89. The van der Waals surface area contributed by atoms with Crippen molar-refractivity contribution in [1.29, 1.82) is 0 Å². The van der Waals surface area contributed by atoms with Crippen molar-refractivity contribution >= 4 is 11.9 Å². The smallest absolute Gasteiger partial charge is 0.338 e. The van der Waals surface area contributed by atoms with Crippen molar-refractivity contribution in [2.24, 2.45) is 0 Å². The third-order valence-corrected chi connectivity index (χ3v) is 4.53. The summed E-state index contributed by atoms with van der Waals surface area (Å²) in [4.78, 5) is 23.4. The van der Waals surface area contributed by atoms with Crippen molar-refractivity contribution in [3.8, 4) is 11.5 Å². The van der Waals surface area contributed by atoms with Crippen LogP contribution < -0.4 is 9.47 Å². The Morgan fingerprint density at radius 3 is 1.41 bits per heavy atom. The molecule has 0 aliphatic carbocycles. The van der Waals surface area contributed by atoms with Gasteiger partial charge in [-0.3, -0.25) is 0 Å². The van der Waals surface area contributed by atoms with Gasteiger partial charge < -0.3 is 18.9 Å². The molecule has 0 N–H and O–H groups in total. The second kappa shape index (κ2) is 11.6. The molecule has 0 saturated heterocycles. The fraction of sp³-hybridized carbons (Fsp3) is 0.231. The highest BCUT2D eigenvalue weighted by Gasteiger charge is 2.07. The molecule has 0 aromatic heterocycles. The summed E-state index contributed by atoms with van der Waals surface area (Å²) in [6.45, 7) is 5.01. The second-order valence-corrected chi connectivity index (χ2v) is 6.89. The Balaban J connectivity index is 1.52. The maximum absolute atomic E-state index is 11.7. The fourth-order valence-corrected chi connectivity index (χ4v) is 2.95. The monoisotopic (exact) mass is 434 g/mol. The van der Waals surface area contributed by atoms with Gasteiger partial charge in [-0.15, -0.1) is 0 Å². The van der Waals surface area contributed by atoms with Crippen molar-refractivity contribution < 1.29 is 28.5 Å². The molecule has 0 radical (unpaired) electrons. The molecule has 0 saturated carbocycles. The Morgan fingerprint density at radius 2 is 1.03 bits per heavy atom. The predicted octanol–water partition coefficient (Wildman–Crippen LogP) is 5.20. The lowest BCUT2D eigenvalue weighted by molar-refractivity contribution is 0.0516. The van der Waals surface area contributed by atoms with Crippen LogP contribution in [-0.4, -0.2) is 25.2 Å². The zero-order valence-electron chi connectivity index (χ0n) is 18.2. The minimum Gasteiger partial charge on any atom is -0.489 e. The number of carbonyl (C=O) groups excluding carboxylic acids is 2. The molecule has 0 bridgehead atoms. The average molecular weight is 434 g/mol. The minimum atomic E-state index is -0.345. The van der Waals surface area contributed by atoms with Crippen LogP contribution in [-0.2, 0) is 22.7 Å². The van der Waals surface area contributed by atoms with E-state index in [1.165, 1.54) is 0 Å². The molecule has 0 fully saturated rings. The van der Waals surface area contributed by atoms with Gasteiger partial charge in [-0.05, 0) is 79.6 Å². The van der Waals surface area contributed by atoms with Crippen molar-refractivity contribution in [3.05, 3.63) is 95.1 Å². The van der Waals surface area contributed by atoms with Crippen LogP contribution in [0.1, 0.15) is 45.7 Å². The first-order valence-electron chi connectivity index (χ1n) is 10.5. The van der Waals surface area contributed by atoms with Gasteiger partial charge in [0.15, 0.2) is 0 Å². The molecule has 0 spiro atoms. The van der Waals surface area contributed by atoms with E-state index in [1.54, 1.807) is 62.4 Å². The van der Waals surface area contributed by atoms with E-state index in [0.717, 1.165) is 11.1 Å². The van der Waals surface area contributed by atoms with Crippen molar-refractivity contribution in [2.45, 2.75) is 27.1 Å². The normalized spacial score (nSPS) is 10.3. The molecule has 6 nitrogen and oxygen atoms in total. The van der Waals surface area contributed by atoms with E-state index >= 15 is 0 Å². The Bertz CT molecular complexity index is 944. The van der Waals surface area contributed by atoms with Crippen LogP contribution in [0.25, 0.3) is 0 Å². The van der Waals surface area contributed by atoms with Gasteiger partial charge >= 0.3 is 11.9 Å². The summed E-state index contributed by atoms with van der Waals surface area (Å²) in [7, 11) is 0. The van der Waals surface area contributed by atoms with Gasteiger partial charge in [0.05, 0.1) is 24.3 Å². The zero-order valence-corrected chi connectivity index (χ0v) is 18.2. The molecule has 3 aromatic carbocycles. The average Bonchev–Trinajstić information content (AvgIpc) is 2.83. The number of benzene rings is 3. The van der Waals surface area contributed by atoms with Crippen molar-refractivity contribution in [2.75, 3.05) is 13.2 Å². The molecule has 0 aliphatic heterocycles. The van der Waals surface area contributed by atoms with E-state index in [4.69, 9.17) is 18.9 Å². The highest BCUT2D eigenvalue weighted by atomic mass is 16.5. The Kier molecular flexibility index (Phi) is 8.26. The fourth-order valence-electron chi connectivity index (χ4n) is 2.95. The van der Waals surface area contributed by atoms with Crippen molar-refractivity contribution in [3.63, 3.8) is 0 Å². The lowest BCUT2D eigenvalue weighted by atomic mass is 10.1. The van der Waals surface area contributed by atoms with Gasteiger partial charge in [-0.2, -0.15) is 0 Å². The van der Waals surface area contributed by atoms with Crippen LogP contribution in [0.2, 0.25) is 0 Å². The molecule has 0 aliphatic rings. The van der Waals surface area contributed by atoms with Crippen molar-refractivity contribution in [1.82, 2.24) is 0 Å². The van der Waals surface area contributed by atoms with Gasteiger partial charge in [0.1, 0.15) is 24.7 Å². The maximum Gasteiger partial charge on any atom is 0.338 e. The molecule has 3 aromatic rings. The molecule has 0 unspecified atom stereocenters. The molecule has 3 rings (SSSR count). The van der Waals surface area contributed by atoms with E-state index < -0.39 is 0 Å².